The van der Waals surface area contributed by atoms with Crippen LogP contribution in [0.3, 0.4) is 0 Å². The van der Waals surface area contributed by atoms with Crippen molar-refractivity contribution in [3.8, 4) is 11.5 Å². The molecule has 10 heteroatoms. The summed E-state index contributed by atoms with van der Waals surface area (Å²) in [5.74, 6) is -0.277. The lowest BCUT2D eigenvalue weighted by Gasteiger charge is -2.12. The summed E-state index contributed by atoms with van der Waals surface area (Å²) in [4.78, 5) is 12.2. The van der Waals surface area contributed by atoms with E-state index >= 15 is 0 Å². The largest absolute Gasteiger partial charge is 0.495 e. The lowest BCUT2D eigenvalue weighted by atomic mass is 10.2. The molecule has 1 aromatic heterocycles. The van der Waals surface area contributed by atoms with Crippen molar-refractivity contribution in [3.63, 3.8) is 0 Å². The third-order valence-corrected chi connectivity index (χ3v) is 3.42. The van der Waals surface area contributed by atoms with Gasteiger partial charge in [0.15, 0.2) is 5.69 Å². The number of alkyl halides is 3. The molecule has 2 rings (SSSR count). The highest BCUT2D eigenvalue weighted by Crippen LogP contribution is 2.36. The lowest BCUT2D eigenvalue weighted by molar-refractivity contribution is -0.143. The van der Waals surface area contributed by atoms with Crippen LogP contribution >= 0.6 is 11.6 Å². The standard InChI is InChI=1S/C14H13ClF3N3O3/c1-21-12(14(16,17)18)5-9(20-21)13(22)19-8-4-7(15)10(23-2)6-11(8)24-3/h4-6H,1-3H3,(H,19,22). The molecule has 0 aliphatic rings. The van der Waals surface area contributed by atoms with E-state index in [1.165, 1.54) is 26.4 Å². The number of hydrogen-bond acceptors (Lipinski definition) is 4. The number of ether oxygens (including phenoxy) is 2. The van der Waals surface area contributed by atoms with Gasteiger partial charge in [-0.3, -0.25) is 9.48 Å². The van der Waals surface area contributed by atoms with Crippen LogP contribution < -0.4 is 14.8 Å². The topological polar surface area (TPSA) is 65.4 Å². The predicted octanol–water partition coefficient (Wildman–Crippen LogP) is 3.36. The molecular weight excluding hydrogens is 351 g/mol. The Morgan fingerprint density at radius 3 is 2.33 bits per heavy atom. The van der Waals surface area contributed by atoms with Crippen molar-refractivity contribution in [3.05, 3.63) is 34.6 Å². The first-order valence-corrected chi connectivity index (χ1v) is 6.89. The van der Waals surface area contributed by atoms with Crippen molar-refractivity contribution < 1.29 is 27.4 Å². The summed E-state index contributed by atoms with van der Waals surface area (Å²) in [6.07, 6.45) is -4.61. The molecule has 0 radical (unpaired) electrons. The third-order valence-electron chi connectivity index (χ3n) is 3.13. The number of aromatic nitrogens is 2. The quantitative estimate of drug-likeness (QED) is 0.904. The summed E-state index contributed by atoms with van der Waals surface area (Å²) in [6.45, 7) is 0. The number of nitrogens with zero attached hydrogens (tertiary/aromatic N) is 2. The van der Waals surface area contributed by atoms with Crippen LogP contribution in [0.25, 0.3) is 0 Å². The number of halogens is 4. The number of methoxy groups -OCH3 is 2. The van der Waals surface area contributed by atoms with Crippen LogP contribution in [0, 0.1) is 0 Å². The maximum Gasteiger partial charge on any atom is 0.433 e. The summed E-state index contributed by atoms with van der Waals surface area (Å²) < 4.78 is 49.0. The van der Waals surface area contributed by atoms with Gasteiger partial charge in [0, 0.05) is 19.2 Å². The number of nitrogens with one attached hydrogen (secondary N) is 1. The second-order valence-corrected chi connectivity index (χ2v) is 5.08. The van der Waals surface area contributed by atoms with Gasteiger partial charge in [-0.15, -0.1) is 0 Å². The van der Waals surface area contributed by atoms with E-state index in [1.54, 1.807) is 0 Å². The van der Waals surface area contributed by atoms with Gasteiger partial charge in [0.05, 0.1) is 24.9 Å². The zero-order chi connectivity index (χ0) is 18.1. The molecule has 0 saturated heterocycles. The van der Waals surface area contributed by atoms with Crippen molar-refractivity contribution >= 4 is 23.2 Å². The highest BCUT2D eigenvalue weighted by atomic mass is 35.5. The second kappa shape index (κ2) is 6.60. The molecule has 0 fully saturated rings. The highest BCUT2D eigenvalue weighted by Gasteiger charge is 2.35. The minimum atomic E-state index is -4.61. The van der Waals surface area contributed by atoms with Crippen LogP contribution in [0.15, 0.2) is 18.2 Å². The van der Waals surface area contributed by atoms with Crippen LogP contribution in [0.5, 0.6) is 11.5 Å². The number of rotatable bonds is 4. The maximum atomic E-state index is 12.8. The van der Waals surface area contributed by atoms with E-state index in [9.17, 15) is 18.0 Å². The van der Waals surface area contributed by atoms with E-state index in [1.807, 2.05) is 0 Å². The predicted molar refractivity (Wildman–Crippen MR) is 80.7 cm³/mol. The van der Waals surface area contributed by atoms with Gasteiger partial charge in [-0.05, 0) is 6.07 Å². The second-order valence-electron chi connectivity index (χ2n) is 4.68. The van der Waals surface area contributed by atoms with Crippen LogP contribution in [0.4, 0.5) is 18.9 Å². The molecular formula is C14H13ClF3N3O3. The zero-order valence-electron chi connectivity index (χ0n) is 12.9. The molecule has 6 nitrogen and oxygen atoms in total. The molecule has 0 aliphatic heterocycles. The molecule has 1 amide bonds. The van der Waals surface area contributed by atoms with Crippen molar-refractivity contribution in [1.29, 1.82) is 0 Å². The Labute approximate surface area is 140 Å². The Bertz CT molecular complexity index is 775. The van der Waals surface area contributed by atoms with Gasteiger partial charge in [-0.25, -0.2) is 0 Å². The Morgan fingerprint density at radius 1 is 1.21 bits per heavy atom. The summed E-state index contributed by atoms with van der Waals surface area (Å²) in [7, 11) is 3.87. The number of benzene rings is 1. The van der Waals surface area contributed by atoms with E-state index in [2.05, 4.69) is 10.4 Å². The van der Waals surface area contributed by atoms with E-state index in [0.29, 0.717) is 16.5 Å². The number of carbonyl (C=O) groups is 1. The fourth-order valence-electron chi connectivity index (χ4n) is 1.99. The van der Waals surface area contributed by atoms with Crippen LogP contribution in [-0.2, 0) is 13.2 Å². The average molecular weight is 364 g/mol. The number of aryl methyl sites for hydroxylation is 1. The molecule has 1 heterocycles. The van der Waals surface area contributed by atoms with Crippen LogP contribution in [-0.4, -0.2) is 29.9 Å². The van der Waals surface area contributed by atoms with Gasteiger partial charge in [0.1, 0.15) is 17.2 Å². The SMILES string of the molecule is COc1cc(OC)c(NC(=O)c2cc(C(F)(F)F)n(C)n2)cc1Cl. The van der Waals surface area contributed by atoms with Crippen molar-refractivity contribution in [2.24, 2.45) is 7.05 Å². The monoisotopic (exact) mass is 363 g/mol. The molecule has 0 saturated carbocycles. The maximum absolute atomic E-state index is 12.8. The number of amides is 1. The number of hydrogen-bond donors (Lipinski definition) is 1. The van der Waals surface area contributed by atoms with Gasteiger partial charge in [0.2, 0.25) is 0 Å². The van der Waals surface area contributed by atoms with E-state index in [0.717, 1.165) is 7.05 Å². The minimum Gasteiger partial charge on any atom is -0.495 e. The van der Waals surface area contributed by atoms with Crippen LogP contribution in [0.1, 0.15) is 16.2 Å². The van der Waals surface area contributed by atoms with E-state index < -0.39 is 17.8 Å². The van der Waals surface area contributed by atoms with Gasteiger partial charge >= 0.3 is 6.18 Å². The van der Waals surface area contributed by atoms with Gasteiger partial charge in [-0.1, -0.05) is 11.6 Å². The fraction of sp³-hybridized carbons (Fsp3) is 0.286. The zero-order valence-corrected chi connectivity index (χ0v) is 13.6. The molecule has 24 heavy (non-hydrogen) atoms. The average Bonchev–Trinajstić information content (AvgIpc) is 2.90. The Balaban J connectivity index is 2.32. The molecule has 0 atom stereocenters. The van der Waals surface area contributed by atoms with Crippen molar-refractivity contribution in [2.45, 2.75) is 6.18 Å². The lowest BCUT2D eigenvalue weighted by Crippen LogP contribution is -2.14. The van der Waals surface area contributed by atoms with Gasteiger partial charge in [-0.2, -0.15) is 18.3 Å². The molecule has 2 aromatic rings. The summed E-state index contributed by atoms with van der Waals surface area (Å²) in [5.41, 5.74) is -1.25. The molecule has 0 unspecified atom stereocenters. The van der Waals surface area contributed by atoms with Gasteiger partial charge < -0.3 is 14.8 Å². The Morgan fingerprint density at radius 2 is 1.83 bits per heavy atom. The highest BCUT2D eigenvalue weighted by molar-refractivity contribution is 6.32. The fourth-order valence-corrected chi connectivity index (χ4v) is 2.23. The first kappa shape index (κ1) is 17.9. The molecule has 1 aromatic carbocycles. The molecule has 0 aliphatic carbocycles. The number of carbonyl (C=O) groups excluding carboxylic acids is 1. The smallest absolute Gasteiger partial charge is 0.433 e. The van der Waals surface area contributed by atoms with Crippen molar-refractivity contribution in [1.82, 2.24) is 9.78 Å². The molecule has 0 bridgehead atoms. The van der Waals surface area contributed by atoms with E-state index in [-0.39, 0.29) is 22.2 Å². The van der Waals surface area contributed by atoms with Gasteiger partial charge in [0.25, 0.3) is 5.91 Å². The summed E-state index contributed by atoms with van der Waals surface area (Å²) in [6, 6.07) is 3.47. The van der Waals surface area contributed by atoms with E-state index in [4.69, 9.17) is 21.1 Å². The summed E-state index contributed by atoms with van der Waals surface area (Å²) in [5, 5.41) is 6.19. The first-order valence-electron chi connectivity index (χ1n) is 6.51. The molecule has 130 valence electrons. The van der Waals surface area contributed by atoms with Crippen molar-refractivity contribution in [2.75, 3.05) is 19.5 Å². The minimum absolute atomic E-state index is 0.174. The molecule has 1 N–H and O–H groups in total. The molecule has 0 spiro atoms. The summed E-state index contributed by atoms with van der Waals surface area (Å²) >= 11 is 5.98. The first-order chi connectivity index (χ1) is 11.2. The van der Waals surface area contributed by atoms with Crippen LogP contribution in [0.2, 0.25) is 5.02 Å². The Hall–Kier alpha value is -2.42. The normalized spacial score (nSPS) is 11.3. The Kier molecular flexibility index (Phi) is 4.93. The number of anilines is 1. The third kappa shape index (κ3) is 3.56.